The SMILES string of the molecule is COc1ccccc1C(=O)N1CCCC1C1CC1. The smallest absolute Gasteiger partial charge is 0.257 e. The van der Waals surface area contributed by atoms with Gasteiger partial charge >= 0.3 is 0 Å². The zero-order valence-corrected chi connectivity index (χ0v) is 10.8. The first kappa shape index (κ1) is 11.6. The van der Waals surface area contributed by atoms with Crippen molar-refractivity contribution in [1.29, 1.82) is 0 Å². The van der Waals surface area contributed by atoms with Gasteiger partial charge in [0.05, 0.1) is 12.7 Å². The number of methoxy groups -OCH3 is 1. The Morgan fingerprint density at radius 2 is 2.06 bits per heavy atom. The summed E-state index contributed by atoms with van der Waals surface area (Å²) in [5.41, 5.74) is 0.701. The van der Waals surface area contributed by atoms with E-state index in [0.717, 1.165) is 18.9 Å². The number of carbonyl (C=O) groups excluding carboxylic acids is 1. The molecule has 2 fully saturated rings. The Labute approximate surface area is 108 Å². The zero-order chi connectivity index (χ0) is 12.5. The first-order valence-electron chi connectivity index (χ1n) is 6.75. The molecule has 1 aromatic rings. The molecule has 1 aromatic carbocycles. The maximum absolute atomic E-state index is 12.6. The van der Waals surface area contributed by atoms with Gasteiger partial charge in [-0.1, -0.05) is 12.1 Å². The van der Waals surface area contributed by atoms with Gasteiger partial charge < -0.3 is 9.64 Å². The van der Waals surface area contributed by atoms with Gasteiger partial charge in [-0.2, -0.15) is 0 Å². The Balaban J connectivity index is 1.84. The fourth-order valence-corrected chi connectivity index (χ4v) is 2.99. The van der Waals surface area contributed by atoms with Crippen LogP contribution >= 0.6 is 0 Å². The van der Waals surface area contributed by atoms with Gasteiger partial charge in [0, 0.05) is 12.6 Å². The van der Waals surface area contributed by atoms with Crippen LogP contribution < -0.4 is 4.74 Å². The van der Waals surface area contributed by atoms with Crippen LogP contribution in [0, 0.1) is 5.92 Å². The van der Waals surface area contributed by atoms with Crippen LogP contribution in [0.15, 0.2) is 24.3 Å². The number of carbonyl (C=O) groups is 1. The highest BCUT2D eigenvalue weighted by molar-refractivity contribution is 5.97. The van der Waals surface area contributed by atoms with Crippen LogP contribution in [0.2, 0.25) is 0 Å². The van der Waals surface area contributed by atoms with Gasteiger partial charge in [-0.3, -0.25) is 4.79 Å². The summed E-state index contributed by atoms with van der Waals surface area (Å²) in [6.07, 6.45) is 4.90. The summed E-state index contributed by atoms with van der Waals surface area (Å²) in [5, 5.41) is 0. The quantitative estimate of drug-likeness (QED) is 0.819. The van der Waals surface area contributed by atoms with Crippen LogP contribution in [0.1, 0.15) is 36.0 Å². The number of ether oxygens (including phenoxy) is 1. The average molecular weight is 245 g/mol. The number of hydrogen-bond donors (Lipinski definition) is 0. The highest BCUT2D eigenvalue weighted by atomic mass is 16.5. The second-order valence-corrected chi connectivity index (χ2v) is 5.25. The molecule has 1 saturated heterocycles. The molecule has 1 atom stereocenters. The molecule has 3 nitrogen and oxygen atoms in total. The second-order valence-electron chi connectivity index (χ2n) is 5.25. The van der Waals surface area contributed by atoms with Gasteiger partial charge in [0.25, 0.3) is 5.91 Å². The van der Waals surface area contributed by atoms with Gasteiger partial charge in [0.1, 0.15) is 5.75 Å². The van der Waals surface area contributed by atoms with Crippen LogP contribution in [0.4, 0.5) is 0 Å². The van der Waals surface area contributed by atoms with E-state index in [4.69, 9.17) is 4.74 Å². The van der Waals surface area contributed by atoms with Crippen molar-refractivity contribution in [2.24, 2.45) is 5.92 Å². The predicted molar refractivity (Wildman–Crippen MR) is 69.8 cm³/mol. The molecule has 1 unspecified atom stereocenters. The zero-order valence-electron chi connectivity index (χ0n) is 10.8. The van der Waals surface area contributed by atoms with Crippen molar-refractivity contribution in [2.45, 2.75) is 31.7 Å². The molecule has 1 aliphatic carbocycles. The lowest BCUT2D eigenvalue weighted by molar-refractivity contribution is 0.0717. The van der Waals surface area contributed by atoms with Gasteiger partial charge in [-0.05, 0) is 43.7 Å². The largest absolute Gasteiger partial charge is 0.496 e. The number of benzene rings is 1. The van der Waals surface area contributed by atoms with Crippen LogP contribution in [0.5, 0.6) is 5.75 Å². The molecule has 0 aromatic heterocycles. The fourth-order valence-electron chi connectivity index (χ4n) is 2.99. The second kappa shape index (κ2) is 4.63. The molecule has 1 aliphatic heterocycles. The van der Waals surface area contributed by atoms with Crippen molar-refractivity contribution in [2.75, 3.05) is 13.7 Å². The predicted octanol–water partition coefficient (Wildman–Crippen LogP) is 2.71. The molecule has 1 amide bonds. The first-order chi connectivity index (χ1) is 8.81. The summed E-state index contributed by atoms with van der Waals surface area (Å²) >= 11 is 0. The number of amides is 1. The minimum absolute atomic E-state index is 0.141. The van der Waals surface area contributed by atoms with E-state index in [2.05, 4.69) is 4.90 Å². The molecule has 0 radical (unpaired) electrons. The summed E-state index contributed by atoms with van der Waals surface area (Å²) < 4.78 is 5.29. The highest BCUT2D eigenvalue weighted by Gasteiger charge is 2.40. The molecule has 0 spiro atoms. The number of likely N-dealkylation sites (tertiary alicyclic amines) is 1. The molecule has 96 valence electrons. The van der Waals surface area contributed by atoms with Crippen LogP contribution in [0.3, 0.4) is 0 Å². The van der Waals surface area contributed by atoms with E-state index in [0.29, 0.717) is 17.4 Å². The van der Waals surface area contributed by atoms with E-state index in [1.165, 1.54) is 19.3 Å². The summed E-state index contributed by atoms with van der Waals surface area (Å²) in [6.45, 7) is 0.901. The third kappa shape index (κ3) is 1.98. The van der Waals surface area contributed by atoms with Crippen molar-refractivity contribution in [3.63, 3.8) is 0 Å². The molecular formula is C15H19NO2. The van der Waals surface area contributed by atoms with Gasteiger partial charge in [0.15, 0.2) is 0 Å². The Kier molecular flexibility index (Phi) is 2.98. The topological polar surface area (TPSA) is 29.5 Å². The summed E-state index contributed by atoms with van der Waals surface area (Å²) in [7, 11) is 1.62. The van der Waals surface area contributed by atoms with Crippen molar-refractivity contribution in [3.8, 4) is 5.75 Å². The maximum Gasteiger partial charge on any atom is 0.257 e. The molecule has 1 saturated carbocycles. The van der Waals surface area contributed by atoms with E-state index in [9.17, 15) is 4.79 Å². The lowest BCUT2D eigenvalue weighted by atomic mass is 10.1. The van der Waals surface area contributed by atoms with Crippen LogP contribution in [0.25, 0.3) is 0 Å². The van der Waals surface area contributed by atoms with Crippen LogP contribution in [-0.4, -0.2) is 30.5 Å². The lowest BCUT2D eigenvalue weighted by Gasteiger charge is -2.25. The lowest BCUT2D eigenvalue weighted by Crippen LogP contribution is -2.36. The monoisotopic (exact) mass is 245 g/mol. The fraction of sp³-hybridized carbons (Fsp3) is 0.533. The minimum Gasteiger partial charge on any atom is -0.496 e. The third-order valence-electron chi connectivity index (χ3n) is 4.06. The summed E-state index contributed by atoms with van der Waals surface area (Å²) in [5.74, 6) is 1.58. The van der Waals surface area contributed by atoms with Crippen molar-refractivity contribution in [3.05, 3.63) is 29.8 Å². The number of para-hydroxylation sites is 1. The van der Waals surface area contributed by atoms with Crippen molar-refractivity contribution in [1.82, 2.24) is 4.90 Å². The van der Waals surface area contributed by atoms with E-state index in [1.54, 1.807) is 7.11 Å². The Morgan fingerprint density at radius 1 is 1.28 bits per heavy atom. The number of nitrogens with zero attached hydrogens (tertiary/aromatic N) is 1. The highest BCUT2D eigenvalue weighted by Crippen LogP contribution is 2.40. The van der Waals surface area contributed by atoms with Gasteiger partial charge in [0.2, 0.25) is 0 Å². The summed E-state index contributed by atoms with van der Waals surface area (Å²) in [4.78, 5) is 14.7. The molecule has 0 N–H and O–H groups in total. The van der Waals surface area contributed by atoms with Crippen LogP contribution in [-0.2, 0) is 0 Å². The molecule has 0 bridgehead atoms. The van der Waals surface area contributed by atoms with E-state index >= 15 is 0 Å². The third-order valence-corrected chi connectivity index (χ3v) is 4.06. The Morgan fingerprint density at radius 3 is 2.78 bits per heavy atom. The molecule has 3 heteroatoms. The average Bonchev–Trinajstić information content (AvgIpc) is 3.15. The molecule has 1 heterocycles. The summed E-state index contributed by atoms with van der Waals surface area (Å²) in [6, 6.07) is 8.00. The minimum atomic E-state index is 0.141. The Hall–Kier alpha value is -1.51. The van der Waals surface area contributed by atoms with E-state index < -0.39 is 0 Å². The Bertz CT molecular complexity index is 454. The molecule has 3 rings (SSSR count). The number of rotatable bonds is 3. The normalized spacial score (nSPS) is 23.2. The standard InChI is InChI=1S/C15H19NO2/c1-18-14-7-3-2-5-12(14)15(17)16-10-4-6-13(16)11-8-9-11/h2-3,5,7,11,13H,4,6,8-10H2,1H3. The maximum atomic E-state index is 12.6. The van der Waals surface area contributed by atoms with Gasteiger partial charge in [-0.15, -0.1) is 0 Å². The molecular weight excluding hydrogens is 226 g/mol. The van der Waals surface area contributed by atoms with Crippen molar-refractivity contribution < 1.29 is 9.53 Å². The molecule has 18 heavy (non-hydrogen) atoms. The number of hydrogen-bond acceptors (Lipinski definition) is 2. The first-order valence-corrected chi connectivity index (χ1v) is 6.75. The van der Waals surface area contributed by atoms with Crippen molar-refractivity contribution >= 4 is 5.91 Å². The molecule has 2 aliphatic rings. The van der Waals surface area contributed by atoms with E-state index in [-0.39, 0.29) is 5.91 Å². The van der Waals surface area contributed by atoms with Gasteiger partial charge in [-0.25, -0.2) is 0 Å². The van der Waals surface area contributed by atoms with E-state index in [1.807, 2.05) is 24.3 Å².